The van der Waals surface area contributed by atoms with Gasteiger partial charge in [-0.05, 0) is 46.8 Å². The Morgan fingerprint density at radius 3 is 2.46 bits per heavy atom. The number of fused-ring (bicyclic) bond motifs is 4. The molecule has 3 aliphatic rings. The molecule has 3 aliphatic heterocycles. The van der Waals surface area contributed by atoms with Crippen LogP contribution in [0.4, 0.5) is 5.69 Å². The van der Waals surface area contributed by atoms with E-state index in [0.717, 1.165) is 0 Å². The molecular weight excluding hydrogens is 477 g/mol. The van der Waals surface area contributed by atoms with Gasteiger partial charge in [-0.1, -0.05) is 0 Å². The molecular formula is C23H30N3O8P. The zero-order valence-corrected chi connectivity index (χ0v) is 21.2. The van der Waals surface area contributed by atoms with Crippen molar-refractivity contribution in [2.24, 2.45) is 5.92 Å². The Bertz CT molecular complexity index is 1010. The lowest BCUT2D eigenvalue weighted by Gasteiger charge is -2.37. The van der Waals surface area contributed by atoms with Crippen LogP contribution in [0.15, 0.2) is 36.2 Å². The molecule has 0 aromatic heterocycles. The van der Waals surface area contributed by atoms with Crippen molar-refractivity contribution in [2.45, 2.75) is 71.6 Å². The van der Waals surface area contributed by atoms with Crippen molar-refractivity contribution in [3.8, 4) is 5.75 Å². The maximum Gasteiger partial charge on any atom is 0.321 e. The Balaban J connectivity index is 1.48. The number of ketones is 1. The van der Waals surface area contributed by atoms with Crippen LogP contribution in [0, 0.1) is 16.0 Å². The normalized spacial score (nSPS) is 26.6. The van der Waals surface area contributed by atoms with Gasteiger partial charge in [0.25, 0.3) is 5.69 Å². The molecule has 1 aromatic rings. The minimum Gasteiger partial charge on any atom is -0.472 e. The smallest absolute Gasteiger partial charge is 0.321 e. The first-order valence-corrected chi connectivity index (χ1v) is 12.7. The topological polar surface area (TPSA) is 121 Å². The third-order valence-corrected chi connectivity index (χ3v) is 8.14. The highest BCUT2D eigenvalue weighted by Gasteiger charge is 2.51. The van der Waals surface area contributed by atoms with Gasteiger partial charge in [0.15, 0.2) is 5.78 Å². The Morgan fingerprint density at radius 2 is 1.86 bits per heavy atom. The van der Waals surface area contributed by atoms with E-state index in [1.165, 1.54) is 23.1 Å². The lowest BCUT2D eigenvalue weighted by molar-refractivity contribution is -0.384. The molecule has 0 aliphatic carbocycles. The van der Waals surface area contributed by atoms with Gasteiger partial charge in [-0.25, -0.2) is 4.67 Å². The molecule has 190 valence electrons. The van der Waals surface area contributed by atoms with Crippen LogP contribution in [0.5, 0.6) is 5.75 Å². The van der Waals surface area contributed by atoms with Crippen molar-refractivity contribution in [1.82, 2.24) is 9.57 Å². The molecule has 2 bridgehead atoms. The summed E-state index contributed by atoms with van der Waals surface area (Å²) in [5, 5.41) is 11.0. The fourth-order valence-electron chi connectivity index (χ4n) is 4.39. The quantitative estimate of drug-likeness (QED) is 0.213. The van der Waals surface area contributed by atoms with E-state index in [-0.39, 0.29) is 48.1 Å². The summed E-state index contributed by atoms with van der Waals surface area (Å²) in [6.45, 7) is 9.87. The molecule has 0 N–H and O–H groups in total. The first kappa shape index (κ1) is 25.5. The van der Waals surface area contributed by atoms with Crippen LogP contribution >= 0.6 is 8.53 Å². The SMILES string of the molecule is CC1C(=O)C=C2O[C@@H]3C[C@@H](O[C@@H]3COP(Oc3ccc([N+](=O)[O-])cc3)N(C(C)C)C(C)C)N2C1=O. The van der Waals surface area contributed by atoms with Gasteiger partial charge < -0.3 is 18.5 Å². The highest BCUT2D eigenvalue weighted by molar-refractivity contribution is 7.45. The molecule has 3 heterocycles. The van der Waals surface area contributed by atoms with Gasteiger partial charge in [-0.3, -0.25) is 24.6 Å². The van der Waals surface area contributed by atoms with Gasteiger partial charge in [-0.2, -0.15) is 0 Å². The summed E-state index contributed by atoms with van der Waals surface area (Å²) in [7, 11) is -1.60. The molecule has 35 heavy (non-hydrogen) atoms. The van der Waals surface area contributed by atoms with Crippen LogP contribution in [0.1, 0.15) is 41.0 Å². The van der Waals surface area contributed by atoms with E-state index in [2.05, 4.69) is 4.67 Å². The largest absolute Gasteiger partial charge is 0.472 e. The second-order valence-electron chi connectivity index (χ2n) is 9.28. The number of nitrogens with zero attached hydrogens (tertiary/aromatic N) is 3. The molecule has 0 saturated carbocycles. The summed E-state index contributed by atoms with van der Waals surface area (Å²) in [5.41, 5.74) is -0.0240. The summed E-state index contributed by atoms with van der Waals surface area (Å²) in [6.07, 6.45) is 0.513. The number of ether oxygens (including phenoxy) is 2. The number of nitro benzene ring substituents is 1. The van der Waals surface area contributed by atoms with E-state index in [9.17, 15) is 19.7 Å². The summed E-state index contributed by atoms with van der Waals surface area (Å²) in [4.78, 5) is 36.7. The monoisotopic (exact) mass is 507 g/mol. The third kappa shape index (κ3) is 5.18. The highest BCUT2D eigenvalue weighted by atomic mass is 31.2. The number of carbonyl (C=O) groups is 2. The van der Waals surface area contributed by atoms with Gasteiger partial charge in [0.2, 0.25) is 11.8 Å². The first-order chi connectivity index (χ1) is 16.6. The minimum atomic E-state index is -1.60. The molecule has 2 fully saturated rings. The second kappa shape index (κ2) is 10.2. The molecule has 12 heteroatoms. The summed E-state index contributed by atoms with van der Waals surface area (Å²) in [6, 6.07) is 6.07. The summed E-state index contributed by atoms with van der Waals surface area (Å²) in [5.74, 6) is -0.675. The van der Waals surface area contributed by atoms with Crippen molar-refractivity contribution in [2.75, 3.05) is 6.61 Å². The molecule has 4 rings (SSSR count). The van der Waals surface area contributed by atoms with E-state index in [1.807, 2.05) is 27.7 Å². The number of non-ortho nitro benzene ring substituents is 1. The number of carbonyl (C=O) groups excluding carboxylic acids is 2. The molecule has 0 spiro atoms. The average Bonchev–Trinajstić information content (AvgIpc) is 3.11. The molecule has 2 saturated heterocycles. The summed E-state index contributed by atoms with van der Waals surface area (Å²) < 4.78 is 26.6. The van der Waals surface area contributed by atoms with Crippen LogP contribution in [0.3, 0.4) is 0 Å². The average molecular weight is 507 g/mol. The maximum atomic E-state index is 12.6. The van der Waals surface area contributed by atoms with Gasteiger partial charge in [-0.15, -0.1) is 0 Å². The van der Waals surface area contributed by atoms with E-state index in [0.29, 0.717) is 12.2 Å². The van der Waals surface area contributed by atoms with Crippen LogP contribution in [-0.2, 0) is 23.6 Å². The minimum absolute atomic E-state index is 0.0240. The standard InChI is InChI=1S/C23H30N3O8P/c1-13(2)25(14(3)4)35(34-17-8-6-16(7-9-17)26(29)30)31-12-20-19-11-22(33-20)24-21(32-19)10-18(27)15(5)23(24)28/h6-10,13-15,19-20,22H,11-12H2,1-5H3/t15?,19-,20-,22-,35?/m1/s1. The first-order valence-electron chi connectivity index (χ1n) is 11.6. The number of hydrogen-bond acceptors (Lipinski definition) is 9. The van der Waals surface area contributed by atoms with E-state index < -0.39 is 31.7 Å². The fraction of sp³-hybridized carbons (Fsp3) is 0.565. The van der Waals surface area contributed by atoms with Gasteiger partial charge in [0.05, 0.1) is 17.4 Å². The number of benzene rings is 1. The van der Waals surface area contributed by atoms with Crippen molar-refractivity contribution in [3.63, 3.8) is 0 Å². The van der Waals surface area contributed by atoms with Gasteiger partial charge in [0, 0.05) is 36.7 Å². The number of amides is 1. The van der Waals surface area contributed by atoms with E-state index in [1.54, 1.807) is 19.1 Å². The van der Waals surface area contributed by atoms with Gasteiger partial charge in [0.1, 0.15) is 24.2 Å². The Labute approximate surface area is 205 Å². The highest BCUT2D eigenvalue weighted by Crippen LogP contribution is 2.48. The Morgan fingerprint density at radius 1 is 1.20 bits per heavy atom. The number of hydrogen-bond donors (Lipinski definition) is 0. The van der Waals surface area contributed by atoms with E-state index >= 15 is 0 Å². The van der Waals surface area contributed by atoms with E-state index in [4.69, 9.17) is 18.5 Å². The fourth-order valence-corrected chi connectivity index (χ4v) is 6.00. The number of allylic oxidation sites excluding steroid dienone is 1. The Kier molecular flexibility index (Phi) is 7.42. The van der Waals surface area contributed by atoms with Crippen molar-refractivity contribution < 1.29 is 33.0 Å². The number of rotatable bonds is 9. The van der Waals surface area contributed by atoms with Crippen molar-refractivity contribution in [3.05, 3.63) is 46.3 Å². The zero-order chi connectivity index (χ0) is 25.4. The zero-order valence-electron chi connectivity index (χ0n) is 20.3. The van der Waals surface area contributed by atoms with Crippen LogP contribution in [0.2, 0.25) is 0 Å². The predicted molar refractivity (Wildman–Crippen MR) is 126 cm³/mol. The van der Waals surface area contributed by atoms with Crippen LogP contribution in [-0.4, -0.2) is 63.3 Å². The maximum absolute atomic E-state index is 12.6. The second-order valence-corrected chi connectivity index (χ2v) is 10.7. The lowest BCUT2D eigenvalue weighted by Crippen LogP contribution is -2.50. The van der Waals surface area contributed by atoms with Crippen molar-refractivity contribution in [1.29, 1.82) is 0 Å². The van der Waals surface area contributed by atoms with Crippen LogP contribution in [0.25, 0.3) is 0 Å². The number of nitro groups is 1. The molecule has 11 nitrogen and oxygen atoms in total. The predicted octanol–water partition coefficient (Wildman–Crippen LogP) is 3.74. The Hall–Kier alpha value is -2.59. The molecule has 5 atom stereocenters. The lowest BCUT2D eigenvalue weighted by atomic mass is 9.99. The molecule has 0 radical (unpaired) electrons. The third-order valence-electron chi connectivity index (χ3n) is 6.11. The summed E-state index contributed by atoms with van der Waals surface area (Å²) >= 11 is 0. The van der Waals surface area contributed by atoms with Crippen LogP contribution < -0.4 is 4.52 Å². The molecule has 1 amide bonds. The molecule has 1 aromatic carbocycles. The van der Waals surface area contributed by atoms with Crippen molar-refractivity contribution >= 4 is 25.9 Å². The molecule has 2 unspecified atom stereocenters. The van der Waals surface area contributed by atoms with Gasteiger partial charge >= 0.3 is 8.53 Å².